The van der Waals surface area contributed by atoms with E-state index in [0.29, 0.717) is 10.7 Å². The number of carbonyl (C=O) groups is 1. The summed E-state index contributed by atoms with van der Waals surface area (Å²) in [5.74, 6) is 0.172. The number of fused-ring (bicyclic) bond motifs is 1. The lowest BCUT2D eigenvalue weighted by molar-refractivity contribution is -0.136. The van der Waals surface area contributed by atoms with Gasteiger partial charge in [0.1, 0.15) is 17.7 Å². The van der Waals surface area contributed by atoms with Crippen molar-refractivity contribution >= 4 is 34.5 Å². The normalized spacial score (nSPS) is 19.3. The number of hydrogen-bond acceptors (Lipinski definition) is 5. The summed E-state index contributed by atoms with van der Waals surface area (Å²) < 4.78 is 49.5. The van der Waals surface area contributed by atoms with Gasteiger partial charge in [0.05, 0.1) is 10.9 Å². The second-order valence-electron chi connectivity index (χ2n) is 9.77. The molecule has 188 valence electrons. The SMILES string of the molecule is CC1CN(C(=O)OC(C)(C)C)[C@@H](C)CN1c1ncnc2c1c(C(F)(F)F)cn2-c1cccc(Cl)c1. The highest BCUT2D eigenvalue weighted by Crippen LogP contribution is 2.41. The number of benzene rings is 1. The molecular formula is C24H27ClF3N5O2. The number of piperazine rings is 1. The second kappa shape index (κ2) is 8.89. The number of carbonyl (C=O) groups excluding carboxylic acids is 1. The Bertz CT molecular complexity index is 1250. The zero-order valence-electron chi connectivity index (χ0n) is 20.1. The lowest BCUT2D eigenvalue weighted by Crippen LogP contribution is -2.59. The average Bonchev–Trinajstić information content (AvgIpc) is 3.14. The molecule has 1 aromatic carbocycles. The Morgan fingerprint density at radius 2 is 1.83 bits per heavy atom. The fraction of sp³-hybridized carbons (Fsp3) is 0.458. The molecule has 11 heteroatoms. The van der Waals surface area contributed by atoms with Crippen molar-refractivity contribution < 1.29 is 22.7 Å². The Morgan fingerprint density at radius 3 is 2.46 bits per heavy atom. The molecule has 1 fully saturated rings. The van der Waals surface area contributed by atoms with Crippen molar-refractivity contribution in [3.63, 3.8) is 0 Å². The van der Waals surface area contributed by atoms with E-state index >= 15 is 0 Å². The van der Waals surface area contributed by atoms with Crippen molar-refractivity contribution in [1.29, 1.82) is 0 Å². The van der Waals surface area contributed by atoms with Crippen molar-refractivity contribution in [2.75, 3.05) is 18.0 Å². The minimum Gasteiger partial charge on any atom is -0.444 e. The lowest BCUT2D eigenvalue weighted by atomic mass is 10.1. The number of halogens is 4. The number of hydrogen-bond donors (Lipinski definition) is 0. The van der Waals surface area contributed by atoms with E-state index in [4.69, 9.17) is 16.3 Å². The molecule has 0 saturated carbocycles. The molecule has 3 heterocycles. The first-order valence-corrected chi connectivity index (χ1v) is 11.6. The Kier molecular flexibility index (Phi) is 6.37. The molecule has 7 nitrogen and oxygen atoms in total. The Hall–Kier alpha value is -3.01. The topological polar surface area (TPSA) is 63.5 Å². The van der Waals surface area contributed by atoms with E-state index in [0.717, 1.165) is 6.20 Å². The van der Waals surface area contributed by atoms with Crippen LogP contribution in [0.15, 0.2) is 36.8 Å². The summed E-state index contributed by atoms with van der Waals surface area (Å²) in [6, 6.07) is 5.93. The van der Waals surface area contributed by atoms with Gasteiger partial charge in [0.15, 0.2) is 5.65 Å². The molecule has 0 spiro atoms. The smallest absolute Gasteiger partial charge is 0.418 e. The quantitative estimate of drug-likeness (QED) is 0.428. The van der Waals surface area contributed by atoms with E-state index < -0.39 is 23.4 Å². The van der Waals surface area contributed by atoms with E-state index in [1.165, 1.54) is 10.9 Å². The molecule has 0 N–H and O–H groups in total. The standard InChI is InChI=1S/C24H27ClF3N5O2/c1-14-11-32(22(34)35-23(3,4)5)15(2)10-31(14)20-19-18(24(26,27)28)12-33(21(19)30-13-29-20)17-8-6-7-16(25)9-17/h6-9,12-15H,10-11H2,1-5H3/t14?,15-/m0/s1. The minimum atomic E-state index is -4.63. The van der Waals surface area contributed by atoms with Crippen LogP contribution in [0.1, 0.15) is 40.2 Å². The third-order valence-corrected chi connectivity index (χ3v) is 6.08. The van der Waals surface area contributed by atoms with E-state index in [9.17, 15) is 18.0 Å². The predicted octanol–water partition coefficient (Wildman–Crippen LogP) is 5.93. The van der Waals surface area contributed by atoms with Gasteiger partial charge in [-0.1, -0.05) is 17.7 Å². The number of rotatable bonds is 2. The number of alkyl halides is 3. The van der Waals surface area contributed by atoms with Crippen LogP contribution >= 0.6 is 11.6 Å². The molecule has 0 bridgehead atoms. The number of aromatic nitrogens is 3. The van der Waals surface area contributed by atoms with Crippen LogP contribution in [0.4, 0.5) is 23.8 Å². The van der Waals surface area contributed by atoms with Gasteiger partial charge in [-0.15, -0.1) is 0 Å². The zero-order chi connectivity index (χ0) is 25.7. The summed E-state index contributed by atoms with van der Waals surface area (Å²) in [6.07, 6.45) is -2.79. The largest absolute Gasteiger partial charge is 0.444 e. The van der Waals surface area contributed by atoms with Crippen LogP contribution in [-0.2, 0) is 10.9 Å². The molecule has 1 aliphatic rings. The van der Waals surface area contributed by atoms with Crippen molar-refractivity contribution in [2.45, 2.75) is 58.5 Å². The Morgan fingerprint density at radius 1 is 1.11 bits per heavy atom. The summed E-state index contributed by atoms with van der Waals surface area (Å²) in [5, 5.41) is 0.303. The van der Waals surface area contributed by atoms with Gasteiger partial charge in [-0.2, -0.15) is 13.2 Å². The number of amides is 1. The zero-order valence-corrected chi connectivity index (χ0v) is 20.9. The Balaban J connectivity index is 1.78. The van der Waals surface area contributed by atoms with Crippen LogP contribution in [-0.4, -0.2) is 56.3 Å². The van der Waals surface area contributed by atoms with Crippen molar-refractivity contribution in [3.05, 3.63) is 47.4 Å². The van der Waals surface area contributed by atoms with Crippen LogP contribution in [0.5, 0.6) is 0 Å². The van der Waals surface area contributed by atoms with E-state index in [1.807, 2.05) is 13.8 Å². The van der Waals surface area contributed by atoms with E-state index in [2.05, 4.69) is 9.97 Å². The lowest BCUT2D eigenvalue weighted by Gasteiger charge is -2.44. The number of anilines is 1. The van der Waals surface area contributed by atoms with Crippen molar-refractivity contribution in [1.82, 2.24) is 19.4 Å². The molecule has 0 radical (unpaired) electrons. The molecule has 3 aromatic rings. The minimum absolute atomic E-state index is 0.0928. The Labute approximate surface area is 206 Å². The first kappa shape index (κ1) is 25.1. The van der Waals surface area contributed by atoms with Gasteiger partial charge in [0.2, 0.25) is 0 Å². The number of nitrogens with zero attached hydrogens (tertiary/aromatic N) is 5. The fourth-order valence-electron chi connectivity index (χ4n) is 4.30. The highest BCUT2D eigenvalue weighted by molar-refractivity contribution is 6.30. The molecule has 1 saturated heterocycles. The third-order valence-electron chi connectivity index (χ3n) is 5.84. The van der Waals surface area contributed by atoms with E-state index in [1.54, 1.807) is 54.8 Å². The van der Waals surface area contributed by atoms with Gasteiger partial charge in [-0.05, 0) is 52.8 Å². The highest BCUT2D eigenvalue weighted by atomic mass is 35.5. The van der Waals surface area contributed by atoms with Crippen LogP contribution in [0.25, 0.3) is 16.7 Å². The van der Waals surface area contributed by atoms with Gasteiger partial charge in [0, 0.05) is 42.1 Å². The molecule has 1 unspecified atom stereocenters. The summed E-state index contributed by atoms with van der Waals surface area (Å²) >= 11 is 6.09. The fourth-order valence-corrected chi connectivity index (χ4v) is 4.48. The monoisotopic (exact) mass is 509 g/mol. The molecular weight excluding hydrogens is 483 g/mol. The maximum absolute atomic E-state index is 14.2. The van der Waals surface area contributed by atoms with Gasteiger partial charge in [-0.3, -0.25) is 0 Å². The average molecular weight is 510 g/mol. The molecule has 2 atom stereocenters. The van der Waals surface area contributed by atoms with Crippen LogP contribution < -0.4 is 4.90 Å². The number of ether oxygens (including phenoxy) is 1. The van der Waals surface area contributed by atoms with Gasteiger partial charge >= 0.3 is 12.3 Å². The highest BCUT2D eigenvalue weighted by Gasteiger charge is 2.40. The summed E-state index contributed by atoms with van der Waals surface area (Å²) in [5.41, 5.74) is -0.906. The van der Waals surface area contributed by atoms with Crippen molar-refractivity contribution in [2.24, 2.45) is 0 Å². The van der Waals surface area contributed by atoms with Gasteiger partial charge < -0.3 is 19.1 Å². The maximum Gasteiger partial charge on any atom is 0.418 e. The van der Waals surface area contributed by atoms with E-state index in [-0.39, 0.29) is 42.0 Å². The second-order valence-corrected chi connectivity index (χ2v) is 10.2. The maximum atomic E-state index is 14.2. The predicted molar refractivity (Wildman–Crippen MR) is 128 cm³/mol. The van der Waals surface area contributed by atoms with Crippen LogP contribution in [0.3, 0.4) is 0 Å². The van der Waals surface area contributed by atoms with Crippen LogP contribution in [0.2, 0.25) is 5.02 Å². The summed E-state index contributed by atoms with van der Waals surface area (Å²) in [4.78, 5) is 24.6. The van der Waals surface area contributed by atoms with Gasteiger partial charge in [0.25, 0.3) is 0 Å². The van der Waals surface area contributed by atoms with Crippen LogP contribution in [0, 0.1) is 0 Å². The molecule has 1 aliphatic heterocycles. The first-order chi connectivity index (χ1) is 16.3. The van der Waals surface area contributed by atoms with Gasteiger partial charge in [-0.25, -0.2) is 14.8 Å². The third kappa shape index (κ3) is 5.03. The molecule has 35 heavy (non-hydrogen) atoms. The first-order valence-electron chi connectivity index (χ1n) is 11.2. The summed E-state index contributed by atoms with van der Waals surface area (Å²) in [6.45, 7) is 9.60. The summed E-state index contributed by atoms with van der Waals surface area (Å²) in [7, 11) is 0. The molecule has 4 rings (SSSR count). The van der Waals surface area contributed by atoms with Crippen molar-refractivity contribution in [3.8, 4) is 5.69 Å². The molecule has 0 aliphatic carbocycles. The molecule has 2 aromatic heterocycles. The molecule has 1 amide bonds.